The molecule has 0 saturated heterocycles. The summed E-state index contributed by atoms with van der Waals surface area (Å²) in [6.07, 6.45) is 0. The minimum atomic E-state index is 0.336. The van der Waals surface area contributed by atoms with Gasteiger partial charge in [-0.3, -0.25) is 0 Å². The van der Waals surface area contributed by atoms with Gasteiger partial charge in [-0.2, -0.15) is 0 Å². The van der Waals surface area contributed by atoms with Crippen LogP contribution in [0.5, 0.6) is 0 Å². The van der Waals surface area contributed by atoms with Crippen molar-refractivity contribution in [3.8, 4) is 0 Å². The molecular weight excluding hydrogens is 278 g/mol. The Bertz CT molecular complexity index is 563. The Morgan fingerprint density at radius 1 is 1.19 bits per heavy atom. The molecule has 3 nitrogen and oxygen atoms in total. The molecule has 0 bridgehead atoms. The van der Waals surface area contributed by atoms with E-state index in [0.29, 0.717) is 12.1 Å². The molecule has 114 valence electrons. The van der Waals surface area contributed by atoms with E-state index in [9.17, 15) is 0 Å². The molecule has 4 heteroatoms. The third-order valence-corrected chi connectivity index (χ3v) is 5.01. The summed E-state index contributed by atoms with van der Waals surface area (Å²) in [5.74, 6) is 0. The van der Waals surface area contributed by atoms with Gasteiger partial charge in [0.05, 0.1) is 10.7 Å². The summed E-state index contributed by atoms with van der Waals surface area (Å²) in [5, 5.41) is 4.80. The van der Waals surface area contributed by atoms with Gasteiger partial charge in [-0.1, -0.05) is 30.3 Å². The summed E-state index contributed by atoms with van der Waals surface area (Å²) < 4.78 is 0. The van der Waals surface area contributed by atoms with E-state index in [1.54, 1.807) is 11.3 Å². The summed E-state index contributed by atoms with van der Waals surface area (Å²) in [5.41, 5.74) is 2.50. The Morgan fingerprint density at radius 2 is 1.86 bits per heavy atom. The molecule has 1 heterocycles. The zero-order valence-electron chi connectivity index (χ0n) is 13.6. The van der Waals surface area contributed by atoms with Crippen LogP contribution in [0.1, 0.15) is 40.1 Å². The van der Waals surface area contributed by atoms with Crippen molar-refractivity contribution in [2.75, 3.05) is 20.6 Å². The Balaban J connectivity index is 2.04. The number of rotatable bonds is 6. The van der Waals surface area contributed by atoms with Gasteiger partial charge < -0.3 is 10.2 Å². The first-order valence-corrected chi connectivity index (χ1v) is 8.19. The second-order valence-electron chi connectivity index (χ2n) is 5.70. The smallest absolute Gasteiger partial charge is 0.0900 e. The van der Waals surface area contributed by atoms with Crippen molar-refractivity contribution in [1.29, 1.82) is 0 Å². The van der Waals surface area contributed by atoms with Gasteiger partial charge in [0.25, 0.3) is 0 Å². The summed E-state index contributed by atoms with van der Waals surface area (Å²) >= 11 is 1.79. The summed E-state index contributed by atoms with van der Waals surface area (Å²) in [4.78, 5) is 8.13. The largest absolute Gasteiger partial charge is 0.307 e. The predicted molar refractivity (Wildman–Crippen MR) is 90.9 cm³/mol. The molecule has 0 saturated carbocycles. The second kappa shape index (κ2) is 7.16. The van der Waals surface area contributed by atoms with Gasteiger partial charge in [-0.25, -0.2) is 4.98 Å². The SMILES string of the molecule is Cc1nc(C)c(C(C)NCC(c2ccccc2)N(C)C)s1. The van der Waals surface area contributed by atoms with Crippen molar-refractivity contribution in [2.45, 2.75) is 32.9 Å². The highest BCUT2D eigenvalue weighted by Crippen LogP contribution is 2.25. The first-order chi connectivity index (χ1) is 9.99. The van der Waals surface area contributed by atoms with E-state index in [1.165, 1.54) is 10.4 Å². The molecule has 1 N–H and O–H groups in total. The highest BCUT2D eigenvalue weighted by Gasteiger charge is 2.17. The van der Waals surface area contributed by atoms with Crippen LogP contribution in [0.15, 0.2) is 30.3 Å². The third-order valence-electron chi connectivity index (χ3n) is 3.76. The number of nitrogens with zero attached hydrogens (tertiary/aromatic N) is 2. The maximum Gasteiger partial charge on any atom is 0.0900 e. The van der Waals surface area contributed by atoms with E-state index in [-0.39, 0.29) is 0 Å². The Kier molecular flexibility index (Phi) is 5.51. The quantitative estimate of drug-likeness (QED) is 0.881. The van der Waals surface area contributed by atoms with Gasteiger partial charge in [-0.15, -0.1) is 11.3 Å². The number of likely N-dealkylation sites (N-methyl/N-ethyl adjacent to an activating group) is 1. The molecule has 0 amide bonds. The standard InChI is InChI=1S/C17H25N3S/c1-12(17-13(2)19-14(3)21-17)18-11-16(20(4)5)15-9-7-6-8-10-15/h6-10,12,16,18H,11H2,1-5H3. The Hall–Kier alpha value is -1.23. The van der Waals surface area contributed by atoms with Crippen LogP contribution < -0.4 is 5.32 Å². The van der Waals surface area contributed by atoms with Crippen LogP contribution in [0.25, 0.3) is 0 Å². The highest BCUT2D eigenvalue weighted by molar-refractivity contribution is 7.11. The van der Waals surface area contributed by atoms with Gasteiger partial charge in [0, 0.05) is 23.5 Å². The first kappa shape index (κ1) is 16.1. The molecule has 0 spiro atoms. The lowest BCUT2D eigenvalue weighted by molar-refractivity contribution is 0.282. The molecule has 1 aromatic heterocycles. The number of aryl methyl sites for hydroxylation is 2. The van der Waals surface area contributed by atoms with Crippen LogP contribution in [-0.4, -0.2) is 30.5 Å². The maximum atomic E-state index is 4.52. The van der Waals surface area contributed by atoms with E-state index in [4.69, 9.17) is 0 Å². The van der Waals surface area contributed by atoms with Crippen LogP contribution >= 0.6 is 11.3 Å². The lowest BCUT2D eigenvalue weighted by atomic mass is 10.1. The average Bonchev–Trinajstić information content (AvgIpc) is 2.78. The van der Waals surface area contributed by atoms with Gasteiger partial charge in [0.2, 0.25) is 0 Å². The van der Waals surface area contributed by atoms with Crippen LogP contribution in [0.4, 0.5) is 0 Å². The molecule has 1 aromatic carbocycles. The zero-order chi connectivity index (χ0) is 15.4. The lowest BCUT2D eigenvalue weighted by Crippen LogP contribution is -2.32. The van der Waals surface area contributed by atoms with Gasteiger partial charge in [-0.05, 0) is 40.4 Å². The Morgan fingerprint density at radius 3 is 2.38 bits per heavy atom. The number of aromatic nitrogens is 1. The minimum absolute atomic E-state index is 0.336. The van der Waals surface area contributed by atoms with Crippen molar-refractivity contribution < 1.29 is 0 Å². The van der Waals surface area contributed by atoms with Crippen molar-refractivity contribution >= 4 is 11.3 Å². The van der Waals surface area contributed by atoms with Crippen LogP contribution in [0.3, 0.4) is 0 Å². The zero-order valence-corrected chi connectivity index (χ0v) is 14.4. The lowest BCUT2D eigenvalue weighted by Gasteiger charge is -2.26. The number of hydrogen-bond donors (Lipinski definition) is 1. The summed E-state index contributed by atoms with van der Waals surface area (Å²) in [6.45, 7) is 7.31. The molecule has 2 rings (SSSR count). The molecule has 0 radical (unpaired) electrons. The fraction of sp³-hybridized carbons (Fsp3) is 0.471. The van der Waals surface area contributed by atoms with E-state index < -0.39 is 0 Å². The van der Waals surface area contributed by atoms with Crippen molar-refractivity contribution in [1.82, 2.24) is 15.2 Å². The molecule has 0 aliphatic heterocycles. The van der Waals surface area contributed by atoms with E-state index in [1.807, 2.05) is 0 Å². The van der Waals surface area contributed by atoms with Gasteiger partial charge in [0.15, 0.2) is 0 Å². The number of thiazole rings is 1. The molecule has 2 atom stereocenters. The normalized spacial score (nSPS) is 14.4. The molecule has 2 unspecified atom stereocenters. The summed E-state index contributed by atoms with van der Waals surface area (Å²) in [7, 11) is 4.26. The number of nitrogens with one attached hydrogen (secondary N) is 1. The van der Waals surface area contributed by atoms with Crippen molar-refractivity contribution in [3.63, 3.8) is 0 Å². The van der Waals surface area contributed by atoms with Crippen LogP contribution in [0.2, 0.25) is 0 Å². The molecule has 0 fully saturated rings. The first-order valence-electron chi connectivity index (χ1n) is 7.37. The highest BCUT2D eigenvalue weighted by atomic mass is 32.1. The second-order valence-corrected chi connectivity index (χ2v) is 6.94. The number of benzene rings is 1. The van der Waals surface area contributed by atoms with Crippen LogP contribution in [0, 0.1) is 13.8 Å². The summed E-state index contributed by atoms with van der Waals surface area (Å²) in [6, 6.07) is 11.4. The van der Waals surface area contributed by atoms with E-state index in [2.05, 4.69) is 80.4 Å². The van der Waals surface area contributed by atoms with Crippen molar-refractivity contribution in [2.24, 2.45) is 0 Å². The van der Waals surface area contributed by atoms with Gasteiger partial charge >= 0.3 is 0 Å². The minimum Gasteiger partial charge on any atom is -0.307 e. The topological polar surface area (TPSA) is 28.2 Å². The third kappa shape index (κ3) is 4.13. The maximum absolute atomic E-state index is 4.52. The van der Waals surface area contributed by atoms with E-state index >= 15 is 0 Å². The average molecular weight is 303 g/mol. The van der Waals surface area contributed by atoms with Gasteiger partial charge in [0.1, 0.15) is 0 Å². The fourth-order valence-corrected chi connectivity index (χ4v) is 3.56. The van der Waals surface area contributed by atoms with Crippen molar-refractivity contribution in [3.05, 3.63) is 51.5 Å². The molecule has 21 heavy (non-hydrogen) atoms. The monoisotopic (exact) mass is 303 g/mol. The molecule has 0 aliphatic rings. The Labute approximate surface area is 132 Å². The van der Waals surface area contributed by atoms with E-state index in [0.717, 1.165) is 17.2 Å². The predicted octanol–water partition coefficient (Wildman–Crippen LogP) is 3.71. The molecular formula is C17H25N3S. The molecule has 2 aromatic rings. The van der Waals surface area contributed by atoms with Crippen LogP contribution in [-0.2, 0) is 0 Å². The fourth-order valence-electron chi connectivity index (χ4n) is 2.60. The number of hydrogen-bond acceptors (Lipinski definition) is 4. The molecule has 0 aliphatic carbocycles.